The molecule has 0 radical (unpaired) electrons. The predicted octanol–water partition coefficient (Wildman–Crippen LogP) is 3.64. The van der Waals surface area contributed by atoms with Gasteiger partial charge in [0.05, 0.1) is 0 Å². The Morgan fingerprint density at radius 3 is 2.88 bits per heavy atom. The van der Waals surface area contributed by atoms with E-state index in [-0.39, 0.29) is 0 Å². The van der Waals surface area contributed by atoms with Gasteiger partial charge in [0.1, 0.15) is 0 Å². The lowest BCUT2D eigenvalue weighted by molar-refractivity contribution is 0.293. The van der Waals surface area contributed by atoms with E-state index in [2.05, 4.69) is 38.1 Å². The maximum Gasteiger partial charge on any atom is 0.0107 e. The molecule has 1 aromatic rings. The van der Waals surface area contributed by atoms with E-state index in [9.17, 15) is 0 Å². The van der Waals surface area contributed by atoms with Crippen LogP contribution in [0.25, 0.3) is 0 Å². The third-order valence-corrected chi connectivity index (χ3v) is 4.67. The summed E-state index contributed by atoms with van der Waals surface area (Å²) in [6, 6.07) is 8.83. The third-order valence-electron chi connectivity index (χ3n) is 3.42. The van der Waals surface area contributed by atoms with Crippen molar-refractivity contribution in [1.82, 2.24) is 0 Å². The van der Waals surface area contributed by atoms with Crippen molar-refractivity contribution in [3.05, 3.63) is 29.8 Å². The lowest BCUT2D eigenvalue weighted by atomic mass is 9.78. The number of fused-ring (bicyclic) bond motifs is 1. The van der Waals surface area contributed by atoms with Gasteiger partial charge in [-0.05, 0) is 42.3 Å². The maximum absolute atomic E-state index is 5.68. The molecule has 2 heteroatoms. The molecule has 88 valence electrons. The van der Waals surface area contributed by atoms with Crippen LogP contribution in [0.15, 0.2) is 29.2 Å². The maximum atomic E-state index is 5.68. The normalized spacial score (nSPS) is 19.8. The molecule has 0 amide bonds. The van der Waals surface area contributed by atoms with Gasteiger partial charge in [0, 0.05) is 10.6 Å². The van der Waals surface area contributed by atoms with Crippen LogP contribution < -0.4 is 5.73 Å². The van der Waals surface area contributed by atoms with Gasteiger partial charge in [-0.3, -0.25) is 0 Å². The molecule has 1 unspecified atom stereocenters. The zero-order chi connectivity index (χ0) is 11.6. The zero-order valence-corrected chi connectivity index (χ0v) is 11.0. The molecule has 16 heavy (non-hydrogen) atoms. The standard InChI is InChI=1S/C14H21NS/c1-14(2,7-8-15)9-11-10-16-13-6-4-3-5-12(11)13/h3-6,11H,7-10,15H2,1-2H3. The molecule has 0 fully saturated rings. The molecule has 0 spiro atoms. The average molecular weight is 235 g/mol. The van der Waals surface area contributed by atoms with Crippen LogP contribution in [0.4, 0.5) is 0 Å². The molecule has 0 saturated heterocycles. The number of nitrogens with two attached hydrogens (primary N) is 1. The van der Waals surface area contributed by atoms with E-state index >= 15 is 0 Å². The van der Waals surface area contributed by atoms with Crippen LogP contribution in [-0.4, -0.2) is 12.3 Å². The third kappa shape index (κ3) is 2.61. The Bertz CT molecular complexity index is 360. The Morgan fingerprint density at radius 1 is 1.38 bits per heavy atom. The first kappa shape index (κ1) is 12.0. The van der Waals surface area contributed by atoms with Crippen molar-refractivity contribution in [2.24, 2.45) is 11.1 Å². The average Bonchev–Trinajstić information content (AvgIpc) is 2.61. The fourth-order valence-corrected chi connectivity index (χ4v) is 3.81. The Kier molecular flexibility index (Phi) is 3.60. The number of rotatable bonds is 4. The van der Waals surface area contributed by atoms with E-state index < -0.39 is 0 Å². The van der Waals surface area contributed by atoms with Gasteiger partial charge in [-0.1, -0.05) is 32.0 Å². The number of benzene rings is 1. The van der Waals surface area contributed by atoms with Gasteiger partial charge in [-0.15, -0.1) is 11.8 Å². The summed E-state index contributed by atoms with van der Waals surface area (Å²) in [6.45, 7) is 5.48. The van der Waals surface area contributed by atoms with E-state index in [1.807, 2.05) is 11.8 Å². The highest BCUT2D eigenvalue weighted by Gasteiger charge is 2.28. The summed E-state index contributed by atoms with van der Waals surface area (Å²) in [4.78, 5) is 1.48. The largest absolute Gasteiger partial charge is 0.330 e. The Morgan fingerprint density at radius 2 is 2.12 bits per heavy atom. The first-order valence-electron chi connectivity index (χ1n) is 6.04. The van der Waals surface area contributed by atoms with Crippen molar-refractivity contribution < 1.29 is 0 Å². The lowest BCUT2D eigenvalue weighted by Crippen LogP contribution is -2.20. The highest BCUT2D eigenvalue weighted by molar-refractivity contribution is 7.99. The molecule has 0 aromatic heterocycles. The topological polar surface area (TPSA) is 26.0 Å². The minimum Gasteiger partial charge on any atom is -0.330 e. The van der Waals surface area contributed by atoms with Crippen LogP contribution in [0.2, 0.25) is 0 Å². The molecule has 2 rings (SSSR count). The van der Waals surface area contributed by atoms with Crippen molar-refractivity contribution in [1.29, 1.82) is 0 Å². The van der Waals surface area contributed by atoms with Crippen molar-refractivity contribution in [2.45, 2.75) is 37.5 Å². The summed E-state index contributed by atoms with van der Waals surface area (Å²) in [5.74, 6) is 1.97. The highest BCUT2D eigenvalue weighted by Crippen LogP contribution is 2.45. The van der Waals surface area contributed by atoms with E-state index in [0.717, 1.165) is 18.9 Å². The van der Waals surface area contributed by atoms with E-state index in [1.165, 1.54) is 17.1 Å². The Balaban J connectivity index is 2.08. The molecule has 0 saturated carbocycles. The van der Waals surface area contributed by atoms with Crippen molar-refractivity contribution in [3.8, 4) is 0 Å². The molecule has 1 atom stereocenters. The molecule has 1 aliphatic rings. The summed E-state index contributed by atoms with van der Waals surface area (Å²) in [6.07, 6.45) is 2.38. The van der Waals surface area contributed by atoms with E-state index in [0.29, 0.717) is 5.41 Å². The Labute approximate surface area is 103 Å². The van der Waals surface area contributed by atoms with Crippen molar-refractivity contribution in [3.63, 3.8) is 0 Å². The fourth-order valence-electron chi connectivity index (χ4n) is 2.56. The first-order valence-corrected chi connectivity index (χ1v) is 7.03. The summed E-state index contributed by atoms with van der Waals surface area (Å²) in [5, 5.41) is 0. The van der Waals surface area contributed by atoms with Crippen LogP contribution in [0, 0.1) is 5.41 Å². The molecule has 1 aliphatic heterocycles. The minimum absolute atomic E-state index is 0.372. The van der Waals surface area contributed by atoms with Gasteiger partial charge in [0.15, 0.2) is 0 Å². The SMILES string of the molecule is CC(C)(CCN)CC1CSc2ccccc21. The number of thioether (sulfide) groups is 1. The molecular weight excluding hydrogens is 214 g/mol. The van der Waals surface area contributed by atoms with Gasteiger partial charge in [0.25, 0.3) is 0 Å². The number of hydrogen-bond donors (Lipinski definition) is 1. The highest BCUT2D eigenvalue weighted by atomic mass is 32.2. The van der Waals surface area contributed by atoms with Crippen LogP contribution in [-0.2, 0) is 0 Å². The summed E-state index contributed by atoms with van der Waals surface area (Å²) >= 11 is 2.00. The van der Waals surface area contributed by atoms with E-state index in [1.54, 1.807) is 5.56 Å². The van der Waals surface area contributed by atoms with Gasteiger partial charge in [-0.2, -0.15) is 0 Å². The fraction of sp³-hybridized carbons (Fsp3) is 0.571. The summed E-state index contributed by atoms with van der Waals surface area (Å²) in [5.41, 5.74) is 7.60. The molecular formula is C14H21NS. The molecule has 1 nitrogen and oxygen atoms in total. The second kappa shape index (κ2) is 4.80. The smallest absolute Gasteiger partial charge is 0.0107 e. The summed E-state index contributed by atoms with van der Waals surface area (Å²) < 4.78 is 0. The Hall–Kier alpha value is -0.470. The van der Waals surface area contributed by atoms with Crippen LogP contribution in [0.3, 0.4) is 0 Å². The summed E-state index contributed by atoms with van der Waals surface area (Å²) in [7, 11) is 0. The van der Waals surface area contributed by atoms with Crippen molar-refractivity contribution in [2.75, 3.05) is 12.3 Å². The van der Waals surface area contributed by atoms with Gasteiger partial charge in [-0.25, -0.2) is 0 Å². The molecule has 1 aromatic carbocycles. The van der Waals surface area contributed by atoms with Gasteiger partial charge in [0.2, 0.25) is 0 Å². The van der Waals surface area contributed by atoms with Crippen LogP contribution in [0.5, 0.6) is 0 Å². The van der Waals surface area contributed by atoms with Crippen molar-refractivity contribution >= 4 is 11.8 Å². The first-order chi connectivity index (χ1) is 7.62. The van der Waals surface area contributed by atoms with Crippen LogP contribution >= 0.6 is 11.8 Å². The minimum atomic E-state index is 0.372. The zero-order valence-electron chi connectivity index (χ0n) is 10.2. The molecule has 0 bridgehead atoms. The second-order valence-corrected chi connectivity index (χ2v) is 6.51. The van der Waals surface area contributed by atoms with Gasteiger partial charge >= 0.3 is 0 Å². The van der Waals surface area contributed by atoms with Gasteiger partial charge < -0.3 is 5.73 Å². The molecule has 1 heterocycles. The van der Waals surface area contributed by atoms with Crippen LogP contribution in [0.1, 0.15) is 38.2 Å². The monoisotopic (exact) mass is 235 g/mol. The second-order valence-electron chi connectivity index (χ2n) is 5.45. The molecule has 0 aliphatic carbocycles. The lowest BCUT2D eigenvalue weighted by Gasteiger charge is -2.27. The molecule has 2 N–H and O–H groups in total. The predicted molar refractivity (Wildman–Crippen MR) is 72.0 cm³/mol. The van der Waals surface area contributed by atoms with E-state index in [4.69, 9.17) is 5.73 Å². The quantitative estimate of drug-likeness (QED) is 0.862. The number of hydrogen-bond acceptors (Lipinski definition) is 2.